The van der Waals surface area contributed by atoms with E-state index in [2.05, 4.69) is 16.8 Å². The SMILES string of the molecule is CCCCn1c(=O)[nH]c(=O)c2c1nc(CN1CCC(C(=O)c3ccc4c(c3)OCCO4)CC1)n2C. The topological polar surface area (TPSA) is 111 Å². The normalized spacial score (nSPS) is 16.6. The fourth-order valence-electron chi connectivity index (χ4n) is 4.94. The van der Waals surface area contributed by atoms with E-state index in [1.807, 2.05) is 19.2 Å². The number of hydrogen-bond donors (Lipinski definition) is 1. The van der Waals surface area contributed by atoms with Gasteiger partial charge in [0.15, 0.2) is 28.4 Å². The van der Waals surface area contributed by atoms with Gasteiger partial charge in [0.25, 0.3) is 5.56 Å². The van der Waals surface area contributed by atoms with E-state index >= 15 is 0 Å². The van der Waals surface area contributed by atoms with Crippen LogP contribution in [0.2, 0.25) is 0 Å². The molecule has 0 spiro atoms. The molecule has 10 heteroatoms. The van der Waals surface area contributed by atoms with E-state index in [1.165, 1.54) is 0 Å². The standard InChI is InChI=1S/C25H31N5O5/c1-3-4-9-30-23-21(24(32)27-25(30)33)28(2)20(26-23)15-29-10-7-16(8-11-29)22(31)17-5-6-18-19(14-17)35-13-12-34-18/h5-6,14,16H,3-4,7-13,15H2,1-2H3,(H,27,32,33). The van der Waals surface area contributed by atoms with Gasteiger partial charge in [-0.15, -0.1) is 0 Å². The molecule has 2 aromatic heterocycles. The van der Waals surface area contributed by atoms with Crippen LogP contribution in [0.5, 0.6) is 11.5 Å². The Morgan fingerprint density at radius 1 is 1.14 bits per heavy atom. The second-order valence-electron chi connectivity index (χ2n) is 9.30. The highest BCUT2D eigenvalue weighted by atomic mass is 16.6. The molecule has 1 fully saturated rings. The lowest BCUT2D eigenvalue weighted by Crippen LogP contribution is -2.36. The number of imidazole rings is 1. The molecule has 4 heterocycles. The number of benzene rings is 1. The molecular formula is C25H31N5O5. The molecule has 0 atom stereocenters. The number of nitrogens with one attached hydrogen (secondary N) is 1. The molecule has 1 saturated heterocycles. The van der Waals surface area contributed by atoms with Crippen molar-refractivity contribution >= 4 is 16.9 Å². The summed E-state index contributed by atoms with van der Waals surface area (Å²) in [5.41, 5.74) is 0.682. The molecule has 0 aliphatic carbocycles. The molecule has 0 bridgehead atoms. The third-order valence-electron chi connectivity index (χ3n) is 6.99. The zero-order chi connectivity index (χ0) is 24.5. The minimum Gasteiger partial charge on any atom is -0.486 e. The minimum absolute atomic E-state index is 0.0451. The maximum Gasteiger partial charge on any atom is 0.330 e. The van der Waals surface area contributed by atoms with E-state index in [0.717, 1.165) is 44.6 Å². The Labute approximate surface area is 202 Å². The quantitative estimate of drug-likeness (QED) is 0.515. The van der Waals surface area contributed by atoms with Gasteiger partial charge in [-0.3, -0.25) is 24.0 Å². The van der Waals surface area contributed by atoms with E-state index in [4.69, 9.17) is 14.5 Å². The van der Waals surface area contributed by atoms with Gasteiger partial charge in [-0.2, -0.15) is 0 Å². The number of carbonyl (C=O) groups excluding carboxylic acids is 1. The number of Topliss-reactive ketones (excluding diaryl/α,β-unsaturated/α-hetero) is 1. The molecule has 35 heavy (non-hydrogen) atoms. The van der Waals surface area contributed by atoms with Crippen LogP contribution in [-0.2, 0) is 20.1 Å². The molecular weight excluding hydrogens is 450 g/mol. The Balaban J connectivity index is 1.28. The number of likely N-dealkylation sites (tertiary alicyclic amines) is 1. The number of hydrogen-bond acceptors (Lipinski definition) is 7. The summed E-state index contributed by atoms with van der Waals surface area (Å²) >= 11 is 0. The number of unbranched alkanes of at least 4 members (excludes halogenated alkanes) is 1. The smallest absolute Gasteiger partial charge is 0.330 e. The van der Waals surface area contributed by atoms with Crippen molar-refractivity contribution in [1.29, 1.82) is 0 Å². The van der Waals surface area contributed by atoms with Gasteiger partial charge in [-0.1, -0.05) is 13.3 Å². The monoisotopic (exact) mass is 481 g/mol. The van der Waals surface area contributed by atoms with Crippen molar-refractivity contribution in [3.05, 3.63) is 50.4 Å². The minimum atomic E-state index is -0.418. The molecule has 0 radical (unpaired) electrons. The van der Waals surface area contributed by atoms with Gasteiger partial charge in [0, 0.05) is 25.1 Å². The van der Waals surface area contributed by atoms with Crippen molar-refractivity contribution in [2.24, 2.45) is 13.0 Å². The number of carbonyl (C=O) groups is 1. The van der Waals surface area contributed by atoms with Gasteiger partial charge < -0.3 is 14.0 Å². The van der Waals surface area contributed by atoms with Gasteiger partial charge in [0.05, 0.1) is 6.54 Å². The molecule has 186 valence electrons. The lowest BCUT2D eigenvalue weighted by molar-refractivity contribution is 0.0831. The highest BCUT2D eigenvalue weighted by molar-refractivity contribution is 5.98. The van der Waals surface area contributed by atoms with Gasteiger partial charge in [0.1, 0.15) is 19.0 Å². The molecule has 0 unspecified atom stereocenters. The average Bonchev–Trinajstić information content (AvgIpc) is 3.19. The van der Waals surface area contributed by atoms with Gasteiger partial charge in [-0.25, -0.2) is 9.78 Å². The fraction of sp³-hybridized carbons (Fsp3) is 0.520. The third-order valence-corrected chi connectivity index (χ3v) is 6.99. The number of rotatable bonds is 7. The summed E-state index contributed by atoms with van der Waals surface area (Å²) < 4.78 is 14.5. The summed E-state index contributed by atoms with van der Waals surface area (Å²) in [6, 6.07) is 5.42. The summed E-state index contributed by atoms with van der Waals surface area (Å²) in [5, 5.41) is 0. The van der Waals surface area contributed by atoms with Crippen LogP contribution in [0.15, 0.2) is 27.8 Å². The fourth-order valence-corrected chi connectivity index (χ4v) is 4.94. The third kappa shape index (κ3) is 4.50. The number of ketones is 1. The highest BCUT2D eigenvalue weighted by Gasteiger charge is 2.28. The summed E-state index contributed by atoms with van der Waals surface area (Å²) in [5.74, 6) is 2.14. The number of piperidine rings is 1. The number of H-pyrrole nitrogens is 1. The number of aryl methyl sites for hydroxylation is 2. The van der Waals surface area contributed by atoms with E-state index in [0.29, 0.717) is 54.5 Å². The van der Waals surface area contributed by atoms with Crippen molar-refractivity contribution in [2.75, 3.05) is 26.3 Å². The first-order chi connectivity index (χ1) is 17.0. The Hall–Kier alpha value is -3.40. The molecule has 10 nitrogen and oxygen atoms in total. The second kappa shape index (κ2) is 9.69. The molecule has 1 N–H and O–H groups in total. The maximum atomic E-state index is 13.1. The van der Waals surface area contributed by atoms with Crippen LogP contribution < -0.4 is 20.7 Å². The first-order valence-corrected chi connectivity index (χ1v) is 12.3. The summed E-state index contributed by atoms with van der Waals surface area (Å²) in [4.78, 5) is 47.3. The predicted octanol–water partition coefficient (Wildman–Crippen LogP) is 2.09. The van der Waals surface area contributed by atoms with Gasteiger partial charge in [-0.05, 0) is 50.6 Å². The maximum absolute atomic E-state index is 13.1. The summed E-state index contributed by atoms with van der Waals surface area (Å²) in [6.07, 6.45) is 3.27. The van der Waals surface area contributed by atoms with Crippen LogP contribution in [0.1, 0.15) is 48.8 Å². The van der Waals surface area contributed by atoms with Crippen LogP contribution in [0.25, 0.3) is 11.2 Å². The molecule has 2 aliphatic heterocycles. The van der Waals surface area contributed by atoms with Crippen molar-refractivity contribution in [3.63, 3.8) is 0 Å². The van der Waals surface area contributed by atoms with Crippen molar-refractivity contribution < 1.29 is 14.3 Å². The predicted molar refractivity (Wildman–Crippen MR) is 130 cm³/mol. The lowest BCUT2D eigenvalue weighted by Gasteiger charge is -2.31. The Kier molecular flexibility index (Phi) is 6.46. The number of ether oxygens (including phenoxy) is 2. The number of fused-ring (bicyclic) bond motifs is 2. The van der Waals surface area contributed by atoms with Crippen molar-refractivity contribution in [3.8, 4) is 11.5 Å². The van der Waals surface area contributed by atoms with Crippen LogP contribution in [-0.4, -0.2) is 56.1 Å². The molecule has 1 aromatic carbocycles. The number of aromatic nitrogens is 4. The Morgan fingerprint density at radius 3 is 2.63 bits per heavy atom. The summed E-state index contributed by atoms with van der Waals surface area (Å²) in [7, 11) is 1.81. The van der Waals surface area contributed by atoms with Crippen molar-refractivity contribution in [1.82, 2.24) is 24.0 Å². The van der Waals surface area contributed by atoms with E-state index in [-0.39, 0.29) is 11.7 Å². The average molecular weight is 482 g/mol. The summed E-state index contributed by atoms with van der Waals surface area (Å²) in [6.45, 7) is 5.65. The first kappa shape index (κ1) is 23.3. The molecule has 0 saturated carbocycles. The largest absolute Gasteiger partial charge is 0.486 e. The van der Waals surface area contributed by atoms with Crippen LogP contribution in [0, 0.1) is 5.92 Å². The molecule has 2 aliphatic rings. The number of nitrogens with zero attached hydrogens (tertiary/aromatic N) is 4. The zero-order valence-corrected chi connectivity index (χ0v) is 20.2. The zero-order valence-electron chi connectivity index (χ0n) is 20.2. The van der Waals surface area contributed by atoms with Crippen LogP contribution in [0.4, 0.5) is 0 Å². The van der Waals surface area contributed by atoms with Gasteiger partial charge in [0.2, 0.25) is 0 Å². The number of aromatic amines is 1. The molecule has 5 rings (SSSR count). The first-order valence-electron chi connectivity index (χ1n) is 12.3. The molecule has 3 aromatic rings. The Morgan fingerprint density at radius 2 is 1.89 bits per heavy atom. The van der Waals surface area contributed by atoms with E-state index in [1.54, 1.807) is 15.2 Å². The van der Waals surface area contributed by atoms with Crippen LogP contribution in [0.3, 0.4) is 0 Å². The Bertz CT molecular complexity index is 1360. The van der Waals surface area contributed by atoms with Gasteiger partial charge >= 0.3 is 5.69 Å². The second-order valence-corrected chi connectivity index (χ2v) is 9.30. The van der Waals surface area contributed by atoms with E-state index in [9.17, 15) is 14.4 Å². The van der Waals surface area contributed by atoms with Crippen molar-refractivity contribution in [2.45, 2.75) is 45.7 Å². The van der Waals surface area contributed by atoms with E-state index < -0.39 is 11.2 Å². The molecule has 0 amide bonds. The highest BCUT2D eigenvalue weighted by Crippen LogP contribution is 2.32. The van der Waals surface area contributed by atoms with Crippen LogP contribution >= 0.6 is 0 Å². The lowest BCUT2D eigenvalue weighted by atomic mass is 9.88.